The van der Waals surface area contributed by atoms with Crippen LogP contribution in [-0.4, -0.2) is 29.6 Å². The molecule has 9 heteroatoms. The van der Waals surface area contributed by atoms with Crippen molar-refractivity contribution in [2.24, 2.45) is 0 Å². The monoisotopic (exact) mass is 336 g/mol. The smallest absolute Gasteiger partial charge is 0.545 e. The first-order valence-electron chi connectivity index (χ1n) is 6.68. The molecule has 0 radical (unpaired) electrons. The zero-order valence-corrected chi connectivity index (χ0v) is 14.6. The van der Waals surface area contributed by atoms with Crippen LogP contribution in [0.2, 0.25) is 0 Å². The second-order valence-corrected chi connectivity index (χ2v) is 4.93. The molecule has 4 amide bonds. The van der Waals surface area contributed by atoms with E-state index in [1.54, 1.807) is 0 Å². The molecule has 0 spiro atoms. The van der Waals surface area contributed by atoms with Gasteiger partial charge >= 0.3 is 29.6 Å². The number of rotatable bonds is 3. The molecule has 0 saturated carbocycles. The number of anilines is 2. The van der Waals surface area contributed by atoms with Gasteiger partial charge in [-0.2, -0.15) is 0 Å². The van der Waals surface area contributed by atoms with E-state index < -0.39 is 35.2 Å². The fourth-order valence-corrected chi connectivity index (χ4v) is 2.58. The predicted molar refractivity (Wildman–Crippen MR) is 74.1 cm³/mol. The van der Waals surface area contributed by atoms with Gasteiger partial charge in [-0.25, -0.2) is 9.80 Å². The van der Waals surface area contributed by atoms with Gasteiger partial charge in [0.25, 0.3) is 11.8 Å². The Morgan fingerprint density at radius 2 is 1.46 bits per heavy atom. The Balaban J connectivity index is 0.00000208. The fraction of sp³-hybridized carbons (Fsp3) is 0.133. The summed E-state index contributed by atoms with van der Waals surface area (Å²) in [5.74, 6) is -4.20. The molecule has 0 unspecified atom stereocenters. The van der Waals surface area contributed by atoms with Gasteiger partial charge in [0.2, 0.25) is 11.8 Å². The molecule has 0 bridgehead atoms. The van der Waals surface area contributed by atoms with E-state index in [1.807, 2.05) is 0 Å². The van der Waals surface area contributed by atoms with Gasteiger partial charge in [0.05, 0.1) is 17.3 Å². The van der Waals surface area contributed by atoms with Crippen molar-refractivity contribution in [1.82, 2.24) is 0 Å². The molecule has 0 N–H and O–H groups in total. The van der Waals surface area contributed by atoms with Crippen LogP contribution >= 0.6 is 0 Å². The molecule has 8 nitrogen and oxygen atoms in total. The minimum absolute atomic E-state index is 0. The summed E-state index contributed by atoms with van der Waals surface area (Å²) in [4.78, 5) is 60.4. The summed E-state index contributed by atoms with van der Waals surface area (Å²) >= 11 is 0. The quantitative estimate of drug-likeness (QED) is 0.412. The van der Waals surface area contributed by atoms with Crippen molar-refractivity contribution in [1.29, 1.82) is 0 Å². The minimum Gasteiger partial charge on any atom is -0.545 e. The van der Waals surface area contributed by atoms with Gasteiger partial charge in [-0.05, 0) is 6.07 Å². The number of para-hydroxylation sites is 1. The second kappa shape index (κ2) is 6.68. The summed E-state index contributed by atoms with van der Waals surface area (Å²) in [5, 5.41) is 11.4. The topological polar surface area (TPSA) is 115 Å². The van der Waals surface area contributed by atoms with Crippen molar-refractivity contribution in [3.05, 3.63) is 35.9 Å². The van der Waals surface area contributed by atoms with Gasteiger partial charge in [0, 0.05) is 30.6 Å². The molecule has 1 fully saturated rings. The minimum atomic E-state index is -1.62. The fourth-order valence-electron chi connectivity index (χ4n) is 2.58. The van der Waals surface area contributed by atoms with Crippen LogP contribution in [0, 0.1) is 0 Å². The van der Waals surface area contributed by atoms with Gasteiger partial charge in [0.15, 0.2) is 0 Å². The zero-order valence-electron chi connectivity index (χ0n) is 12.6. The Labute approximate surface area is 158 Å². The van der Waals surface area contributed by atoms with Crippen LogP contribution < -0.4 is 44.5 Å². The van der Waals surface area contributed by atoms with Gasteiger partial charge in [-0.15, -0.1) is 0 Å². The molecule has 1 saturated heterocycles. The first-order valence-corrected chi connectivity index (χ1v) is 6.68. The first kappa shape index (κ1) is 18.1. The van der Waals surface area contributed by atoms with Crippen molar-refractivity contribution >= 4 is 41.0 Å². The second-order valence-electron chi connectivity index (χ2n) is 4.93. The van der Waals surface area contributed by atoms with Gasteiger partial charge in [-0.1, -0.05) is 12.1 Å². The van der Waals surface area contributed by atoms with E-state index in [2.05, 4.69) is 0 Å². The number of carboxylic acid groups (broad SMARTS) is 1. The third kappa shape index (κ3) is 2.79. The Morgan fingerprint density at radius 1 is 0.917 bits per heavy atom. The normalized spacial score (nSPS) is 16.8. The predicted octanol–water partition coefficient (Wildman–Crippen LogP) is -3.86. The van der Waals surface area contributed by atoms with E-state index in [9.17, 15) is 29.1 Å². The zero-order chi connectivity index (χ0) is 16.7. The maximum atomic E-state index is 12.0. The Hall–Kier alpha value is -2.29. The molecule has 2 heterocycles. The van der Waals surface area contributed by atoms with Gasteiger partial charge in [0.1, 0.15) is 0 Å². The van der Waals surface area contributed by atoms with Crippen molar-refractivity contribution in [3.63, 3.8) is 0 Å². The SMILES string of the molecule is O=C([O-])c1cccc(N2C(=O)C=CC2=O)c1N1C(=O)CCC1=O.[Na+]. The number of benzene rings is 1. The number of nitrogens with zero attached hydrogens (tertiary/aromatic N) is 2. The summed E-state index contributed by atoms with van der Waals surface area (Å²) < 4.78 is 0. The molecule has 2 aliphatic heterocycles. The number of imide groups is 2. The Bertz CT molecular complexity index is 782. The van der Waals surface area contributed by atoms with Crippen LogP contribution in [0.1, 0.15) is 23.2 Å². The third-order valence-electron chi connectivity index (χ3n) is 3.56. The summed E-state index contributed by atoms with van der Waals surface area (Å²) in [6.45, 7) is 0. The standard InChI is InChI=1S/C15H10N2O6.Na/c18-10-4-5-11(19)16(10)9-3-1-2-8(15(22)23)14(9)17-12(20)6-7-13(17)21;/h1-5H,6-7H2,(H,22,23);/q;+1/p-1. The molecular formula is C15H9N2NaO6. The molecule has 0 atom stereocenters. The summed E-state index contributed by atoms with van der Waals surface area (Å²) in [7, 11) is 0. The van der Waals surface area contributed by atoms with E-state index >= 15 is 0 Å². The van der Waals surface area contributed by atoms with Crippen LogP contribution in [-0.2, 0) is 19.2 Å². The van der Waals surface area contributed by atoms with Crippen molar-refractivity contribution in [2.75, 3.05) is 9.80 Å². The van der Waals surface area contributed by atoms with E-state index in [0.29, 0.717) is 9.80 Å². The van der Waals surface area contributed by atoms with Crippen LogP contribution in [0.15, 0.2) is 30.4 Å². The van der Waals surface area contributed by atoms with Crippen LogP contribution in [0.25, 0.3) is 0 Å². The first-order chi connectivity index (χ1) is 10.9. The van der Waals surface area contributed by atoms with E-state index in [1.165, 1.54) is 12.1 Å². The Kier molecular flexibility index (Phi) is 5.02. The molecule has 3 rings (SSSR count). The number of aromatic carboxylic acids is 1. The van der Waals surface area contributed by atoms with E-state index in [0.717, 1.165) is 18.2 Å². The molecule has 0 aromatic heterocycles. The molecule has 0 aliphatic carbocycles. The average Bonchev–Trinajstić information content (AvgIpc) is 3.01. The van der Waals surface area contributed by atoms with E-state index in [4.69, 9.17) is 0 Å². The van der Waals surface area contributed by atoms with Crippen LogP contribution in [0.5, 0.6) is 0 Å². The number of carbonyl (C=O) groups is 5. The molecule has 2 aliphatic rings. The molecule has 116 valence electrons. The molecule has 1 aromatic carbocycles. The summed E-state index contributed by atoms with van der Waals surface area (Å²) in [6, 6.07) is 3.74. The number of carboxylic acids is 1. The number of hydrogen-bond donors (Lipinski definition) is 0. The Morgan fingerprint density at radius 3 is 1.96 bits per heavy atom. The molecule has 1 aromatic rings. The maximum Gasteiger partial charge on any atom is 1.00 e. The van der Waals surface area contributed by atoms with Gasteiger partial charge < -0.3 is 9.90 Å². The van der Waals surface area contributed by atoms with Gasteiger partial charge in [-0.3, -0.25) is 19.2 Å². The van der Waals surface area contributed by atoms with Crippen molar-refractivity contribution in [2.45, 2.75) is 12.8 Å². The largest absolute Gasteiger partial charge is 1.00 e. The summed E-state index contributed by atoms with van der Waals surface area (Å²) in [5.41, 5.74) is -0.903. The van der Waals surface area contributed by atoms with E-state index in [-0.39, 0.29) is 53.8 Å². The third-order valence-corrected chi connectivity index (χ3v) is 3.56. The number of carbonyl (C=O) groups excluding carboxylic acids is 5. The van der Waals surface area contributed by atoms with Crippen LogP contribution in [0.4, 0.5) is 11.4 Å². The van der Waals surface area contributed by atoms with Crippen LogP contribution in [0.3, 0.4) is 0 Å². The van der Waals surface area contributed by atoms with Crippen molar-refractivity contribution < 1.29 is 58.6 Å². The average molecular weight is 336 g/mol. The summed E-state index contributed by atoms with van der Waals surface area (Å²) in [6.07, 6.45) is 1.90. The molecular weight excluding hydrogens is 327 g/mol. The molecule has 24 heavy (non-hydrogen) atoms. The number of amides is 4. The van der Waals surface area contributed by atoms with Crippen molar-refractivity contribution in [3.8, 4) is 0 Å². The number of hydrogen-bond acceptors (Lipinski definition) is 6. The maximum absolute atomic E-state index is 12.0.